The summed E-state index contributed by atoms with van der Waals surface area (Å²) in [4.78, 5) is 40.4. The molecule has 0 amide bonds. The van der Waals surface area contributed by atoms with E-state index in [1.807, 2.05) is 18.2 Å². The molecule has 0 aliphatic carbocycles. The van der Waals surface area contributed by atoms with Gasteiger partial charge in [0.15, 0.2) is 11.5 Å². The van der Waals surface area contributed by atoms with Crippen LogP contribution in [0.3, 0.4) is 0 Å². The number of nitrogens with zero attached hydrogens (tertiary/aromatic N) is 4. The molecule has 214 valence electrons. The minimum absolute atomic E-state index is 0.0324. The van der Waals surface area contributed by atoms with Crippen LogP contribution in [0.1, 0.15) is 21.7 Å². The lowest BCUT2D eigenvalue weighted by molar-refractivity contribution is 0.0588. The van der Waals surface area contributed by atoms with E-state index >= 15 is 0 Å². The molecular weight excluding hydrogens is 540 g/mol. The Labute approximate surface area is 241 Å². The summed E-state index contributed by atoms with van der Waals surface area (Å²) in [5, 5.41) is 0.408. The Morgan fingerprint density at radius 3 is 2.24 bits per heavy atom. The van der Waals surface area contributed by atoms with Crippen LogP contribution in [-0.4, -0.2) is 53.9 Å². The van der Waals surface area contributed by atoms with Gasteiger partial charge in [0.05, 0.1) is 40.7 Å². The van der Waals surface area contributed by atoms with E-state index in [0.717, 1.165) is 5.56 Å². The van der Waals surface area contributed by atoms with Gasteiger partial charge >= 0.3 is 5.97 Å². The Hall–Kier alpha value is -5.45. The van der Waals surface area contributed by atoms with E-state index in [2.05, 4.69) is 15.0 Å². The molecule has 0 bridgehead atoms. The van der Waals surface area contributed by atoms with Crippen LogP contribution in [0.15, 0.2) is 78.0 Å². The number of rotatable bonds is 10. The first-order valence-corrected chi connectivity index (χ1v) is 12.9. The first-order chi connectivity index (χ1) is 20.5. The highest BCUT2D eigenvalue weighted by atomic mass is 16.5. The van der Waals surface area contributed by atoms with Crippen molar-refractivity contribution in [3.63, 3.8) is 0 Å². The molecule has 4 aromatic heterocycles. The third kappa shape index (κ3) is 5.44. The first kappa shape index (κ1) is 28.1. The molecule has 0 unspecified atom stereocenters. The molecule has 11 heteroatoms. The third-order valence-electron chi connectivity index (χ3n) is 6.61. The second kappa shape index (κ2) is 12.4. The van der Waals surface area contributed by atoms with Gasteiger partial charge in [-0.1, -0.05) is 6.07 Å². The van der Waals surface area contributed by atoms with Crippen LogP contribution in [0, 0.1) is 0 Å². The Balaban J connectivity index is 1.80. The number of pyridine rings is 4. The SMILES string of the molecule is COC(=O)c1c(-c2cc(OC)c(OC)c(OC)c2)c2ccc(OCc3ccccn3)nc2c(=O)n1Cc1ccncc1. The second-order valence-corrected chi connectivity index (χ2v) is 9.03. The normalized spacial score (nSPS) is 10.8. The fraction of sp³-hybridized carbons (Fsp3) is 0.194. The van der Waals surface area contributed by atoms with Crippen molar-refractivity contribution in [2.45, 2.75) is 13.2 Å². The fourth-order valence-electron chi connectivity index (χ4n) is 4.66. The summed E-state index contributed by atoms with van der Waals surface area (Å²) in [6, 6.07) is 15.8. The monoisotopic (exact) mass is 568 g/mol. The molecule has 0 saturated carbocycles. The van der Waals surface area contributed by atoms with Crippen LogP contribution in [-0.2, 0) is 17.9 Å². The molecule has 0 atom stereocenters. The van der Waals surface area contributed by atoms with E-state index in [4.69, 9.17) is 23.7 Å². The Morgan fingerprint density at radius 1 is 0.881 bits per heavy atom. The summed E-state index contributed by atoms with van der Waals surface area (Å²) in [5.74, 6) is 0.628. The van der Waals surface area contributed by atoms with Gasteiger partial charge < -0.3 is 23.7 Å². The topological polar surface area (TPSA) is 124 Å². The molecule has 0 N–H and O–H groups in total. The molecule has 42 heavy (non-hydrogen) atoms. The van der Waals surface area contributed by atoms with E-state index in [-0.39, 0.29) is 30.2 Å². The highest BCUT2D eigenvalue weighted by Gasteiger charge is 2.27. The predicted octanol–water partition coefficient (Wildman–Crippen LogP) is 4.29. The molecule has 5 rings (SSSR count). The maximum Gasteiger partial charge on any atom is 0.355 e. The Morgan fingerprint density at radius 2 is 1.62 bits per heavy atom. The minimum Gasteiger partial charge on any atom is -0.493 e. The quantitative estimate of drug-likeness (QED) is 0.225. The molecule has 4 heterocycles. The molecular formula is C31H28N4O7. The Kier molecular flexibility index (Phi) is 8.28. The lowest BCUT2D eigenvalue weighted by Crippen LogP contribution is -2.29. The summed E-state index contributed by atoms with van der Waals surface area (Å²) in [6.07, 6.45) is 4.89. The molecule has 1 aromatic carbocycles. The molecule has 0 aliphatic heterocycles. The summed E-state index contributed by atoms with van der Waals surface area (Å²) >= 11 is 0. The van der Waals surface area contributed by atoms with E-state index in [1.54, 1.807) is 55.0 Å². The van der Waals surface area contributed by atoms with Crippen molar-refractivity contribution in [1.82, 2.24) is 19.5 Å². The van der Waals surface area contributed by atoms with Gasteiger partial charge in [0, 0.05) is 35.6 Å². The zero-order chi connectivity index (χ0) is 29.6. The van der Waals surface area contributed by atoms with Crippen molar-refractivity contribution in [3.05, 3.63) is 100 Å². The van der Waals surface area contributed by atoms with Gasteiger partial charge in [-0.25, -0.2) is 9.78 Å². The largest absolute Gasteiger partial charge is 0.493 e. The average Bonchev–Trinajstić information content (AvgIpc) is 3.04. The van der Waals surface area contributed by atoms with E-state index in [9.17, 15) is 9.59 Å². The van der Waals surface area contributed by atoms with Crippen LogP contribution in [0.2, 0.25) is 0 Å². The van der Waals surface area contributed by atoms with E-state index < -0.39 is 11.5 Å². The standard InChI is InChI=1S/C31H28N4O7/c1-38-23-15-20(16-24(39-2)29(23)40-3)26-22-8-9-25(42-18-21-7-5-6-12-33-21)34-27(22)30(36)35(28(26)31(37)41-4)17-19-10-13-32-14-11-19/h5-16H,17-18H2,1-4H3. The lowest BCUT2D eigenvalue weighted by Gasteiger charge is -2.20. The van der Waals surface area contributed by atoms with Crippen molar-refractivity contribution in [1.29, 1.82) is 0 Å². The second-order valence-electron chi connectivity index (χ2n) is 9.03. The number of hydrogen-bond acceptors (Lipinski definition) is 10. The lowest BCUT2D eigenvalue weighted by atomic mass is 9.97. The van der Waals surface area contributed by atoms with Gasteiger partial charge in [-0.05, 0) is 53.6 Å². The van der Waals surface area contributed by atoms with Crippen LogP contribution in [0.25, 0.3) is 22.0 Å². The molecule has 0 fully saturated rings. The van der Waals surface area contributed by atoms with Crippen LogP contribution >= 0.6 is 0 Å². The van der Waals surface area contributed by atoms with Crippen molar-refractivity contribution in [3.8, 4) is 34.3 Å². The molecule has 0 spiro atoms. The Bertz CT molecular complexity index is 1770. The predicted molar refractivity (Wildman–Crippen MR) is 154 cm³/mol. The van der Waals surface area contributed by atoms with Crippen LogP contribution in [0.5, 0.6) is 23.1 Å². The number of carbonyl (C=O) groups is 1. The third-order valence-corrected chi connectivity index (χ3v) is 6.61. The zero-order valence-electron chi connectivity index (χ0n) is 23.5. The summed E-state index contributed by atoms with van der Waals surface area (Å²) in [6.45, 7) is 0.213. The number of aromatic nitrogens is 4. The van der Waals surface area contributed by atoms with Crippen molar-refractivity contribution >= 4 is 16.9 Å². The van der Waals surface area contributed by atoms with Gasteiger partial charge in [0.1, 0.15) is 17.8 Å². The smallest absolute Gasteiger partial charge is 0.355 e. The number of esters is 1. The van der Waals surface area contributed by atoms with Crippen molar-refractivity contribution in [2.75, 3.05) is 28.4 Å². The first-order valence-electron chi connectivity index (χ1n) is 12.9. The number of benzene rings is 1. The van der Waals surface area contributed by atoms with Gasteiger partial charge in [-0.2, -0.15) is 0 Å². The number of hydrogen-bond donors (Lipinski definition) is 0. The number of methoxy groups -OCH3 is 4. The molecule has 0 radical (unpaired) electrons. The highest BCUT2D eigenvalue weighted by molar-refractivity contribution is 6.06. The van der Waals surface area contributed by atoms with Crippen molar-refractivity contribution < 1.29 is 28.5 Å². The minimum atomic E-state index is -0.706. The fourth-order valence-corrected chi connectivity index (χ4v) is 4.66. The summed E-state index contributed by atoms with van der Waals surface area (Å²) < 4.78 is 29.1. The molecule has 0 saturated heterocycles. The molecule has 5 aromatic rings. The zero-order valence-corrected chi connectivity index (χ0v) is 23.5. The highest BCUT2D eigenvalue weighted by Crippen LogP contribution is 2.43. The maximum absolute atomic E-state index is 14.1. The van der Waals surface area contributed by atoms with E-state index in [0.29, 0.717) is 39.5 Å². The molecule has 0 aliphatic rings. The molecule has 11 nitrogen and oxygen atoms in total. The van der Waals surface area contributed by atoms with Crippen LogP contribution in [0.4, 0.5) is 0 Å². The van der Waals surface area contributed by atoms with Crippen LogP contribution < -0.4 is 24.5 Å². The maximum atomic E-state index is 14.1. The van der Waals surface area contributed by atoms with Gasteiger partial charge in [-0.3, -0.25) is 19.3 Å². The summed E-state index contributed by atoms with van der Waals surface area (Å²) in [7, 11) is 5.76. The average molecular weight is 569 g/mol. The van der Waals surface area contributed by atoms with Gasteiger partial charge in [0.25, 0.3) is 5.56 Å². The van der Waals surface area contributed by atoms with Crippen molar-refractivity contribution in [2.24, 2.45) is 0 Å². The summed E-state index contributed by atoms with van der Waals surface area (Å²) in [5.41, 5.74) is 1.99. The number of fused-ring (bicyclic) bond motifs is 1. The number of carbonyl (C=O) groups excluding carboxylic acids is 1. The van der Waals surface area contributed by atoms with Gasteiger partial charge in [-0.15, -0.1) is 0 Å². The number of ether oxygens (including phenoxy) is 5. The van der Waals surface area contributed by atoms with Gasteiger partial charge in [0.2, 0.25) is 11.6 Å². The van der Waals surface area contributed by atoms with E-state index in [1.165, 1.54) is 33.0 Å².